The Labute approximate surface area is 160 Å². The van der Waals surface area contributed by atoms with Gasteiger partial charge in [0, 0.05) is 26.7 Å². The van der Waals surface area contributed by atoms with Crippen molar-refractivity contribution in [1.29, 1.82) is 0 Å². The van der Waals surface area contributed by atoms with E-state index in [0.717, 1.165) is 0 Å². The van der Waals surface area contributed by atoms with Crippen molar-refractivity contribution >= 4 is 51.9 Å². The number of hydrogen-bond acceptors (Lipinski definition) is 6. The van der Waals surface area contributed by atoms with Gasteiger partial charge in [-0.15, -0.1) is 4.28 Å². The van der Waals surface area contributed by atoms with Gasteiger partial charge in [0.1, 0.15) is 6.04 Å². The van der Waals surface area contributed by atoms with Gasteiger partial charge < -0.3 is 9.80 Å². The summed E-state index contributed by atoms with van der Waals surface area (Å²) in [5.41, 5.74) is 0.980. The Balaban J connectivity index is 0.00000208. The molecule has 1 aromatic heterocycles. The first kappa shape index (κ1) is 19.1. The summed E-state index contributed by atoms with van der Waals surface area (Å²) in [7, 11) is -0.143. The van der Waals surface area contributed by atoms with Gasteiger partial charge in [-0.05, 0) is 0 Å². The van der Waals surface area contributed by atoms with E-state index in [1.54, 1.807) is 21.1 Å². The van der Waals surface area contributed by atoms with Gasteiger partial charge in [0.2, 0.25) is 0 Å². The molecule has 1 fully saturated rings. The van der Waals surface area contributed by atoms with Gasteiger partial charge in [-0.1, -0.05) is 0 Å². The molecule has 0 aliphatic carbocycles. The van der Waals surface area contributed by atoms with Crippen LogP contribution in [-0.2, 0) is 26.5 Å². The molecule has 0 radical (unpaired) electrons. The number of rotatable bonds is 3. The fourth-order valence-electron chi connectivity index (χ4n) is 2.92. The summed E-state index contributed by atoms with van der Waals surface area (Å²) in [4.78, 5) is 27.5. The summed E-state index contributed by atoms with van der Waals surface area (Å²) >= 11 is 0. The molecule has 128 valence electrons. The van der Waals surface area contributed by atoms with E-state index in [2.05, 4.69) is 9.38 Å². The molecule has 2 aliphatic rings. The zero-order valence-electron chi connectivity index (χ0n) is 12.6. The standard InChI is InChI=1S/C11H15N5O6S.Na.H/c1-13(2)10(17)9-8-6(4-12-14(8)3)7-5-15(9)11(18)16(7)22-23(19,20)21;;/h4,7,9H,5H2,1-3H3,(H,19,20,21);;/t7-,9-;;/m0../s1. The van der Waals surface area contributed by atoms with Crippen molar-refractivity contribution in [2.45, 2.75) is 12.1 Å². The van der Waals surface area contributed by atoms with Crippen molar-refractivity contribution in [3.8, 4) is 0 Å². The third-order valence-corrected chi connectivity index (χ3v) is 4.23. The van der Waals surface area contributed by atoms with E-state index in [4.69, 9.17) is 4.55 Å². The van der Waals surface area contributed by atoms with Crippen LogP contribution in [0.15, 0.2) is 6.20 Å². The minimum atomic E-state index is -4.87. The molecule has 1 aromatic rings. The number of aryl methyl sites for hydroxylation is 1. The third-order valence-electron chi connectivity index (χ3n) is 3.88. The maximum absolute atomic E-state index is 12.5. The van der Waals surface area contributed by atoms with Crippen molar-refractivity contribution in [1.82, 2.24) is 24.6 Å². The van der Waals surface area contributed by atoms with Crippen molar-refractivity contribution in [3.63, 3.8) is 0 Å². The van der Waals surface area contributed by atoms with E-state index >= 15 is 0 Å². The van der Waals surface area contributed by atoms with Crippen LogP contribution in [0, 0.1) is 0 Å². The van der Waals surface area contributed by atoms with Crippen molar-refractivity contribution in [2.75, 3.05) is 20.6 Å². The van der Waals surface area contributed by atoms with E-state index in [-0.39, 0.29) is 42.0 Å². The molecule has 3 amide bonds. The number of nitrogens with zero attached hydrogens (tertiary/aromatic N) is 5. The maximum atomic E-state index is 12.5. The number of aromatic nitrogens is 2. The van der Waals surface area contributed by atoms with E-state index < -0.39 is 28.5 Å². The molecule has 3 rings (SSSR count). The molecule has 0 saturated carbocycles. The number of likely N-dealkylation sites (N-methyl/N-ethyl adjacent to an activating group) is 1. The van der Waals surface area contributed by atoms with Gasteiger partial charge in [0.05, 0.1) is 18.4 Å². The first-order chi connectivity index (χ1) is 10.6. The van der Waals surface area contributed by atoms with Gasteiger partial charge in [-0.3, -0.25) is 14.0 Å². The average molecular weight is 369 g/mol. The van der Waals surface area contributed by atoms with E-state index in [9.17, 15) is 18.0 Å². The normalized spacial score (nSPS) is 22.2. The number of fused-ring (bicyclic) bond motifs is 4. The van der Waals surface area contributed by atoms with Crippen LogP contribution < -0.4 is 0 Å². The zero-order valence-corrected chi connectivity index (χ0v) is 13.4. The van der Waals surface area contributed by atoms with Crippen LogP contribution >= 0.6 is 0 Å². The molecule has 1 saturated heterocycles. The zero-order chi connectivity index (χ0) is 17.1. The summed E-state index contributed by atoms with van der Waals surface area (Å²) in [5, 5.41) is 4.63. The summed E-state index contributed by atoms with van der Waals surface area (Å²) in [6.45, 7) is 0.0529. The van der Waals surface area contributed by atoms with Gasteiger partial charge in [0.15, 0.2) is 6.04 Å². The SMILES string of the molecule is CN(C)C(=O)[C@@H]1c2c(cnn2C)[C@@H]2CN1C(=O)N2OS(=O)(=O)O.[NaH]. The molecule has 0 spiro atoms. The minimum absolute atomic E-state index is 0. The second kappa shape index (κ2) is 6.28. The van der Waals surface area contributed by atoms with E-state index in [0.29, 0.717) is 16.3 Å². The van der Waals surface area contributed by atoms with Crippen molar-refractivity contribution < 1.29 is 26.8 Å². The number of carbonyl (C=O) groups is 2. The number of urea groups is 1. The molecule has 0 unspecified atom stereocenters. The quantitative estimate of drug-likeness (QED) is 0.504. The fourth-order valence-corrected chi connectivity index (χ4v) is 3.29. The van der Waals surface area contributed by atoms with Crippen LogP contribution in [-0.4, -0.2) is 99.7 Å². The van der Waals surface area contributed by atoms with Crippen molar-refractivity contribution in [2.24, 2.45) is 7.05 Å². The Morgan fingerprint density at radius 2 is 2.08 bits per heavy atom. The van der Waals surface area contributed by atoms with Gasteiger partial charge in [-0.25, -0.2) is 4.79 Å². The summed E-state index contributed by atoms with van der Waals surface area (Å²) in [6.07, 6.45) is 1.45. The molecule has 2 bridgehead atoms. The third kappa shape index (κ3) is 2.93. The first-order valence-electron chi connectivity index (χ1n) is 6.61. The first-order valence-corrected chi connectivity index (χ1v) is 7.98. The number of carbonyl (C=O) groups excluding carboxylic acids is 2. The predicted octanol–water partition coefficient (Wildman–Crippen LogP) is -1.57. The monoisotopic (exact) mass is 369 g/mol. The van der Waals surface area contributed by atoms with Crippen LogP contribution in [0.5, 0.6) is 0 Å². The number of amides is 3. The van der Waals surface area contributed by atoms with Gasteiger partial charge in [0.25, 0.3) is 5.91 Å². The second-order valence-electron chi connectivity index (χ2n) is 5.52. The van der Waals surface area contributed by atoms with Crippen LogP contribution in [0.4, 0.5) is 4.79 Å². The van der Waals surface area contributed by atoms with Crippen molar-refractivity contribution in [3.05, 3.63) is 17.5 Å². The van der Waals surface area contributed by atoms with Crippen LogP contribution in [0.3, 0.4) is 0 Å². The Bertz CT molecular complexity index is 793. The molecule has 3 heterocycles. The molecule has 11 nitrogen and oxygen atoms in total. The van der Waals surface area contributed by atoms with Crippen LogP contribution in [0.2, 0.25) is 0 Å². The van der Waals surface area contributed by atoms with Gasteiger partial charge in [-0.2, -0.15) is 18.6 Å². The van der Waals surface area contributed by atoms with E-state index in [1.165, 1.54) is 20.7 Å². The fraction of sp³-hybridized carbons (Fsp3) is 0.545. The summed E-state index contributed by atoms with van der Waals surface area (Å²) < 4.78 is 36.7. The molecular formula is C11H16N5NaO6S. The second-order valence-corrected chi connectivity index (χ2v) is 6.53. The molecule has 24 heavy (non-hydrogen) atoms. The molecule has 0 aromatic carbocycles. The average Bonchev–Trinajstić information content (AvgIpc) is 2.93. The predicted molar refractivity (Wildman–Crippen MR) is 81.1 cm³/mol. The van der Waals surface area contributed by atoms with Gasteiger partial charge >= 0.3 is 46.0 Å². The summed E-state index contributed by atoms with van der Waals surface area (Å²) in [6, 6.07) is -2.53. The molecule has 1 N–H and O–H groups in total. The van der Waals surface area contributed by atoms with E-state index in [1.807, 2.05) is 0 Å². The van der Waals surface area contributed by atoms with Crippen LogP contribution in [0.1, 0.15) is 23.3 Å². The Kier molecular flexibility index (Phi) is 5.01. The number of hydroxylamine groups is 2. The molecular weight excluding hydrogens is 353 g/mol. The summed E-state index contributed by atoms with van der Waals surface area (Å²) in [5.74, 6) is -0.352. The Hall–Kier alpha value is -1.18. The topological polar surface area (TPSA) is 125 Å². The Morgan fingerprint density at radius 1 is 1.46 bits per heavy atom. The molecule has 2 atom stereocenters. The molecule has 13 heteroatoms. The Morgan fingerprint density at radius 3 is 2.62 bits per heavy atom. The van der Waals surface area contributed by atoms with Crippen LogP contribution in [0.25, 0.3) is 0 Å². The number of hydrogen-bond donors (Lipinski definition) is 1. The molecule has 2 aliphatic heterocycles.